The molecule has 0 aliphatic carbocycles. The van der Waals surface area contributed by atoms with Crippen LogP contribution in [0.4, 0.5) is 0 Å². The Bertz CT molecular complexity index is 897. The number of H-pyrrole nitrogens is 1. The molecule has 0 spiro atoms. The van der Waals surface area contributed by atoms with Crippen molar-refractivity contribution in [3.8, 4) is 0 Å². The largest absolute Gasteiger partial charge is 0.376 e. The molecule has 130 valence electrons. The van der Waals surface area contributed by atoms with E-state index in [1.807, 2.05) is 31.2 Å². The highest BCUT2D eigenvalue weighted by molar-refractivity contribution is 7.99. The molecule has 0 saturated carbocycles. The van der Waals surface area contributed by atoms with Crippen molar-refractivity contribution in [3.05, 3.63) is 35.5 Å². The Kier molecular flexibility index (Phi) is 4.54. The third-order valence-corrected chi connectivity index (χ3v) is 5.36. The SMILES string of the molecule is Cc1[nH]c2ccccc2c1C(=O)CSc1nnnn1CC1CCCO1. The summed E-state index contributed by atoms with van der Waals surface area (Å²) in [6.07, 6.45) is 2.26. The van der Waals surface area contributed by atoms with Crippen LogP contribution in [-0.4, -0.2) is 49.4 Å². The van der Waals surface area contributed by atoms with Crippen LogP contribution in [0.3, 0.4) is 0 Å². The van der Waals surface area contributed by atoms with Gasteiger partial charge in [0.25, 0.3) is 0 Å². The number of aromatic amines is 1. The monoisotopic (exact) mass is 357 g/mol. The summed E-state index contributed by atoms with van der Waals surface area (Å²) in [6, 6.07) is 7.86. The fourth-order valence-corrected chi connectivity index (χ4v) is 3.99. The van der Waals surface area contributed by atoms with E-state index in [9.17, 15) is 4.79 Å². The van der Waals surface area contributed by atoms with Crippen LogP contribution in [0.15, 0.2) is 29.4 Å². The number of hydrogen-bond acceptors (Lipinski definition) is 6. The van der Waals surface area contributed by atoms with E-state index < -0.39 is 0 Å². The molecule has 4 rings (SSSR count). The quantitative estimate of drug-likeness (QED) is 0.539. The average molecular weight is 357 g/mol. The number of benzene rings is 1. The maximum atomic E-state index is 12.7. The van der Waals surface area contributed by atoms with Crippen LogP contribution < -0.4 is 0 Å². The van der Waals surface area contributed by atoms with Crippen molar-refractivity contribution in [3.63, 3.8) is 0 Å². The minimum Gasteiger partial charge on any atom is -0.376 e. The molecule has 0 amide bonds. The number of carbonyl (C=O) groups is 1. The highest BCUT2D eigenvalue weighted by Gasteiger charge is 2.21. The molecule has 1 aliphatic heterocycles. The Morgan fingerprint density at radius 2 is 2.32 bits per heavy atom. The summed E-state index contributed by atoms with van der Waals surface area (Å²) in [5.74, 6) is 0.376. The van der Waals surface area contributed by atoms with Crippen molar-refractivity contribution in [2.24, 2.45) is 0 Å². The maximum absolute atomic E-state index is 12.7. The Morgan fingerprint density at radius 3 is 3.16 bits per heavy atom. The number of ketones is 1. The summed E-state index contributed by atoms with van der Waals surface area (Å²) in [4.78, 5) is 16.0. The smallest absolute Gasteiger partial charge is 0.209 e. The third-order valence-electron chi connectivity index (χ3n) is 4.40. The topological polar surface area (TPSA) is 85.7 Å². The number of rotatable bonds is 6. The lowest BCUT2D eigenvalue weighted by Crippen LogP contribution is -2.17. The summed E-state index contributed by atoms with van der Waals surface area (Å²) >= 11 is 1.37. The zero-order valence-corrected chi connectivity index (χ0v) is 14.8. The van der Waals surface area contributed by atoms with E-state index in [1.165, 1.54) is 11.8 Å². The van der Waals surface area contributed by atoms with E-state index >= 15 is 0 Å². The second kappa shape index (κ2) is 6.97. The number of carbonyl (C=O) groups excluding carboxylic acids is 1. The second-order valence-electron chi connectivity index (χ2n) is 6.16. The summed E-state index contributed by atoms with van der Waals surface area (Å²) in [5, 5.41) is 13.4. The predicted molar refractivity (Wildman–Crippen MR) is 94.9 cm³/mol. The molecular weight excluding hydrogens is 338 g/mol. The van der Waals surface area contributed by atoms with Crippen LogP contribution in [-0.2, 0) is 11.3 Å². The van der Waals surface area contributed by atoms with Gasteiger partial charge < -0.3 is 9.72 Å². The predicted octanol–water partition coefficient (Wildman–Crippen LogP) is 2.62. The van der Waals surface area contributed by atoms with Crippen molar-refractivity contribution in [2.45, 2.75) is 37.6 Å². The van der Waals surface area contributed by atoms with Gasteiger partial charge in [0.15, 0.2) is 5.78 Å². The van der Waals surface area contributed by atoms with E-state index in [0.29, 0.717) is 17.5 Å². The molecule has 3 heterocycles. The highest BCUT2D eigenvalue weighted by atomic mass is 32.2. The van der Waals surface area contributed by atoms with Crippen molar-refractivity contribution in [2.75, 3.05) is 12.4 Å². The van der Waals surface area contributed by atoms with Gasteiger partial charge in [0.2, 0.25) is 5.16 Å². The van der Waals surface area contributed by atoms with E-state index in [4.69, 9.17) is 4.74 Å². The van der Waals surface area contributed by atoms with E-state index in [2.05, 4.69) is 20.5 Å². The number of tetrazole rings is 1. The van der Waals surface area contributed by atoms with Gasteiger partial charge in [-0.25, -0.2) is 4.68 Å². The zero-order chi connectivity index (χ0) is 17.2. The van der Waals surface area contributed by atoms with Crippen LogP contribution in [0, 0.1) is 6.92 Å². The van der Waals surface area contributed by atoms with Crippen molar-refractivity contribution >= 4 is 28.4 Å². The van der Waals surface area contributed by atoms with Gasteiger partial charge in [-0.15, -0.1) is 5.10 Å². The number of aryl methyl sites for hydroxylation is 1. The molecule has 2 aromatic heterocycles. The summed E-state index contributed by atoms with van der Waals surface area (Å²) in [5.41, 5.74) is 2.63. The number of ether oxygens (including phenoxy) is 1. The van der Waals surface area contributed by atoms with Gasteiger partial charge in [-0.05, 0) is 36.3 Å². The summed E-state index contributed by atoms with van der Waals surface area (Å²) in [6.45, 7) is 3.36. The van der Waals surface area contributed by atoms with Crippen LogP contribution in [0.1, 0.15) is 28.9 Å². The number of nitrogens with one attached hydrogen (secondary N) is 1. The molecular formula is C17H19N5O2S. The second-order valence-corrected chi connectivity index (χ2v) is 7.10. The number of thioether (sulfide) groups is 1. The number of aromatic nitrogens is 5. The lowest BCUT2D eigenvalue weighted by Gasteiger charge is -2.09. The van der Waals surface area contributed by atoms with Crippen LogP contribution in [0.25, 0.3) is 10.9 Å². The maximum Gasteiger partial charge on any atom is 0.209 e. The van der Waals surface area contributed by atoms with E-state index in [0.717, 1.165) is 41.6 Å². The lowest BCUT2D eigenvalue weighted by atomic mass is 10.1. The van der Waals surface area contributed by atoms with E-state index in [-0.39, 0.29) is 11.9 Å². The molecule has 3 aromatic rings. The first-order valence-electron chi connectivity index (χ1n) is 8.33. The average Bonchev–Trinajstić information content (AvgIpc) is 3.33. The molecule has 7 nitrogen and oxygen atoms in total. The Labute approximate surface area is 149 Å². The molecule has 1 fully saturated rings. The summed E-state index contributed by atoms with van der Waals surface area (Å²) < 4.78 is 7.37. The number of nitrogens with zero attached hydrogens (tertiary/aromatic N) is 4. The van der Waals surface area contributed by atoms with Gasteiger partial charge in [0, 0.05) is 28.8 Å². The number of hydrogen-bond donors (Lipinski definition) is 1. The number of para-hydroxylation sites is 1. The minimum atomic E-state index is 0.0756. The van der Waals surface area contributed by atoms with Gasteiger partial charge in [0.05, 0.1) is 18.4 Å². The summed E-state index contributed by atoms with van der Waals surface area (Å²) in [7, 11) is 0. The van der Waals surface area contributed by atoms with Gasteiger partial charge in [-0.3, -0.25) is 4.79 Å². The van der Waals surface area contributed by atoms with Crippen LogP contribution >= 0.6 is 11.8 Å². The minimum absolute atomic E-state index is 0.0756. The fourth-order valence-electron chi connectivity index (χ4n) is 3.23. The van der Waals surface area contributed by atoms with Gasteiger partial charge >= 0.3 is 0 Å². The van der Waals surface area contributed by atoms with Crippen molar-refractivity contribution in [1.82, 2.24) is 25.2 Å². The van der Waals surface area contributed by atoms with Crippen LogP contribution in [0.5, 0.6) is 0 Å². The van der Waals surface area contributed by atoms with Crippen LogP contribution in [0.2, 0.25) is 0 Å². The Morgan fingerprint density at radius 1 is 1.44 bits per heavy atom. The fraction of sp³-hybridized carbons (Fsp3) is 0.412. The van der Waals surface area contributed by atoms with E-state index in [1.54, 1.807) is 4.68 Å². The Hall–Kier alpha value is -2.19. The molecule has 1 aromatic carbocycles. The standard InChI is InChI=1S/C17H19N5O2S/c1-11-16(13-6-2-3-7-14(13)18-11)15(23)10-25-17-19-20-21-22(17)9-12-5-4-8-24-12/h2-3,6-7,12,18H,4-5,8-10H2,1H3. The molecule has 8 heteroatoms. The van der Waals surface area contributed by atoms with Gasteiger partial charge in [-0.2, -0.15) is 0 Å². The van der Waals surface area contributed by atoms with Gasteiger partial charge in [0.1, 0.15) is 0 Å². The first kappa shape index (κ1) is 16.3. The molecule has 1 atom stereocenters. The lowest BCUT2D eigenvalue weighted by molar-refractivity contribution is 0.0912. The molecule has 25 heavy (non-hydrogen) atoms. The van der Waals surface area contributed by atoms with Gasteiger partial charge in [-0.1, -0.05) is 30.0 Å². The molecule has 1 unspecified atom stereocenters. The number of fused-ring (bicyclic) bond motifs is 1. The third kappa shape index (κ3) is 3.32. The van der Waals surface area contributed by atoms with Crippen molar-refractivity contribution < 1.29 is 9.53 Å². The molecule has 0 bridgehead atoms. The highest BCUT2D eigenvalue weighted by Crippen LogP contribution is 2.25. The number of Topliss-reactive ketones (excluding diaryl/α,β-unsaturated/α-hetero) is 1. The molecule has 0 radical (unpaired) electrons. The first-order chi connectivity index (χ1) is 12.2. The first-order valence-corrected chi connectivity index (χ1v) is 9.32. The molecule has 1 N–H and O–H groups in total. The zero-order valence-electron chi connectivity index (χ0n) is 13.9. The normalized spacial score (nSPS) is 17.4. The molecule has 1 aliphatic rings. The van der Waals surface area contributed by atoms with Crippen molar-refractivity contribution in [1.29, 1.82) is 0 Å². The molecule has 1 saturated heterocycles. The Balaban J connectivity index is 1.47.